The predicted octanol–water partition coefficient (Wildman–Crippen LogP) is 1.24. The molecule has 5 heteroatoms. The van der Waals surface area contributed by atoms with E-state index in [4.69, 9.17) is 5.73 Å². The fraction of sp³-hybridized carbons (Fsp3) is 0.286. The number of aromatic nitrogens is 2. The summed E-state index contributed by atoms with van der Waals surface area (Å²) >= 11 is 0. The van der Waals surface area contributed by atoms with Gasteiger partial charge in [-0.1, -0.05) is 30.3 Å². The van der Waals surface area contributed by atoms with Crippen LogP contribution < -0.4 is 11.1 Å². The van der Waals surface area contributed by atoms with Gasteiger partial charge in [-0.25, -0.2) is 0 Å². The Morgan fingerprint density at radius 2 is 2.11 bits per heavy atom. The van der Waals surface area contributed by atoms with Crippen LogP contribution in [0.25, 0.3) is 0 Å². The molecular weight excluding hydrogens is 240 g/mol. The Kier molecular flexibility index (Phi) is 3.97. The molecule has 0 spiro atoms. The van der Waals surface area contributed by atoms with Crippen LogP contribution in [-0.4, -0.2) is 21.7 Å². The summed E-state index contributed by atoms with van der Waals surface area (Å²) in [6.45, 7) is 1.92. The van der Waals surface area contributed by atoms with Crippen LogP contribution in [0.3, 0.4) is 0 Å². The lowest BCUT2D eigenvalue weighted by Crippen LogP contribution is -2.37. The van der Waals surface area contributed by atoms with E-state index in [-0.39, 0.29) is 5.91 Å². The van der Waals surface area contributed by atoms with Gasteiger partial charge in [-0.2, -0.15) is 5.10 Å². The summed E-state index contributed by atoms with van der Waals surface area (Å²) in [6.07, 6.45) is 0.512. The molecule has 0 aliphatic heterocycles. The average molecular weight is 258 g/mol. The number of anilines is 1. The molecule has 19 heavy (non-hydrogen) atoms. The third-order valence-corrected chi connectivity index (χ3v) is 3.00. The Hall–Kier alpha value is -2.14. The van der Waals surface area contributed by atoms with Crippen molar-refractivity contribution >= 4 is 11.7 Å². The molecule has 1 atom stereocenters. The zero-order valence-electron chi connectivity index (χ0n) is 11.1. The third kappa shape index (κ3) is 3.42. The number of benzene rings is 1. The van der Waals surface area contributed by atoms with Crippen molar-refractivity contribution in [3.8, 4) is 0 Å². The molecule has 1 aromatic heterocycles. The van der Waals surface area contributed by atoms with Crippen LogP contribution in [0.15, 0.2) is 36.4 Å². The second-order valence-corrected chi connectivity index (χ2v) is 4.58. The lowest BCUT2D eigenvalue weighted by atomic mass is 10.1. The predicted molar refractivity (Wildman–Crippen MR) is 74.7 cm³/mol. The maximum atomic E-state index is 12.0. The molecule has 2 rings (SSSR count). The minimum atomic E-state index is -0.579. The highest BCUT2D eigenvalue weighted by Crippen LogP contribution is 2.08. The van der Waals surface area contributed by atoms with Crippen LogP contribution >= 0.6 is 0 Å². The quantitative estimate of drug-likeness (QED) is 0.866. The van der Waals surface area contributed by atoms with Crippen molar-refractivity contribution < 1.29 is 4.79 Å². The molecule has 0 fully saturated rings. The Bertz CT molecular complexity index is 543. The molecule has 0 saturated heterocycles. The first-order valence-electron chi connectivity index (χ1n) is 6.17. The molecule has 100 valence electrons. The molecule has 1 heterocycles. The first-order chi connectivity index (χ1) is 9.06. The summed E-state index contributed by atoms with van der Waals surface area (Å²) in [5.41, 5.74) is 7.92. The first kappa shape index (κ1) is 13.3. The third-order valence-electron chi connectivity index (χ3n) is 3.00. The molecule has 1 amide bonds. The first-order valence-corrected chi connectivity index (χ1v) is 6.17. The van der Waals surface area contributed by atoms with Gasteiger partial charge >= 0.3 is 0 Å². The molecule has 5 nitrogen and oxygen atoms in total. The van der Waals surface area contributed by atoms with E-state index in [9.17, 15) is 4.79 Å². The van der Waals surface area contributed by atoms with Crippen LogP contribution in [-0.2, 0) is 18.3 Å². The van der Waals surface area contributed by atoms with Crippen LogP contribution in [0, 0.1) is 6.92 Å². The van der Waals surface area contributed by atoms with Gasteiger partial charge in [0.25, 0.3) is 0 Å². The number of hydrogen-bond donors (Lipinski definition) is 2. The van der Waals surface area contributed by atoms with E-state index < -0.39 is 6.04 Å². The molecule has 3 N–H and O–H groups in total. The molecule has 1 unspecified atom stereocenters. The second-order valence-electron chi connectivity index (χ2n) is 4.58. The van der Waals surface area contributed by atoms with E-state index in [0.717, 1.165) is 11.3 Å². The van der Waals surface area contributed by atoms with Crippen molar-refractivity contribution in [2.24, 2.45) is 12.8 Å². The Balaban J connectivity index is 1.96. The van der Waals surface area contributed by atoms with E-state index in [1.165, 1.54) is 0 Å². The Labute approximate surface area is 112 Å². The molecule has 2 aromatic rings. The lowest BCUT2D eigenvalue weighted by molar-refractivity contribution is -0.117. The minimum absolute atomic E-state index is 0.220. The molecule has 0 aliphatic rings. The van der Waals surface area contributed by atoms with Gasteiger partial charge in [-0.15, -0.1) is 0 Å². The van der Waals surface area contributed by atoms with Crippen LogP contribution in [0.5, 0.6) is 0 Å². The van der Waals surface area contributed by atoms with E-state index >= 15 is 0 Å². The SMILES string of the molecule is Cc1cc(NC(=O)C(N)Cc2ccccc2)nn1C. The molecule has 0 aliphatic carbocycles. The van der Waals surface area contributed by atoms with Crippen LogP contribution in [0.4, 0.5) is 5.82 Å². The van der Waals surface area contributed by atoms with Gasteiger partial charge in [0.2, 0.25) is 5.91 Å². The number of amides is 1. The van der Waals surface area contributed by atoms with E-state index in [0.29, 0.717) is 12.2 Å². The Morgan fingerprint density at radius 1 is 1.42 bits per heavy atom. The molecule has 1 aromatic carbocycles. The maximum absolute atomic E-state index is 12.0. The average Bonchev–Trinajstić information content (AvgIpc) is 2.69. The van der Waals surface area contributed by atoms with Gasteiger partial charge in [0.1, 0.15) is 0 Å². The summed E-state index contributed by atoms with van der Waals surface area (Å²) < 4.78 is 1.71. The van der Waals surface area contributed by atoms with Crippen molar-refractivity contribution in [2.75, 3.05) is 5.32 Å². The van der Waals surface area contributed by atoms with Gasteiger partial charge in [-0.3, -0.25) is 9.48 Å². The van der Waals surface area contributed by atoms with Gasteiger partial charge in [-0.05, 0) is 18.9 Å². The smallest absolute Gasteiger partial charge is 0.242 e. The van der Waals surface area contributed by atoms with Gasteiger partial charge in [0.15, 0.2) is 5.82 Å². The molecule has 0 radical (unpaired) electrons. The standard InChI is InChI=1S/C14H18N4O/c1-10-8-13(17-18(10)2)16-14(19)12(15)9-11-6-4-3-5-7-11/h3-8,12H,9,15H2,1-2H3,(H,16,17,19). The van der Waals surface area contributed by atoms with Crippen LogP contribution in [0.2, 0.25) is 0 Å². The van der Waals surface area contributed by atoms with Gasteiger partial charge < -0.3 is 11.1 Å². The fourth-order valence-electron chi connectivity index (χ4n) is 1.80. The van der Waals surface area contributed by atoms with Crippen molar-refractivity contribution in [1.82, 2.24) is 9.78 Å². The lowest BCUT2D eigenvalue weighted by Gasteiger charge is -2.10. The monoisotopic (exact) mass is 258 g/mol. The summed E-state index contributed by atoms with van der Waals surface area (Å²) in [5.74, 6) is 0.315. The number of aryl methyl sites for hydroxylation is 2. The van der Waals surface area contributed by atoms with Crippen molar-refractivity contribution in [3.05, 3.63) is 47.7 Å². The number of nitrogens with two attached hydrogens (primary N) is 1. The van der Waals surface area contributed by atoms with Crippen molar-refractivity contribution in [2.45, 2.75) is 19.4 Å². The van der Waals surface area contributed by atoms with Gasteiger partial charge in [0, 0.05) is 18.8 Å². The van der Waals surface area contributed by atoms with Crippen molar-refractivity contribution in [1.29, 1.82) is 0 Å². The number of carbonyl (C=O) groups excluding carboxylic acids is 1. The number of hydrogen-bond acceptors (Lipinski definition) is 3. The summed E-state index contributed by atoms with van der Waals surface area (Å²) in [6, 6.07) is 10.9. The number of rotatable bonds is 4. The normalized spacial score (nSPS) is 12.2. The maximum Gasteiger partial charge on any atom is 0.242 e. The van der Waals surface area contributed by atoms with E-state index in [1.54, 1.807) is 4.68 Å². The van der Waals surface area contributed by atoms with E-state index in [1.807, 2.05) is 50.4 Å². The molecule has 0 saturated carbocycles. The highest BCUT2D eigenvalue weighted by atomic mass is 16.2. The zero-order valence-corrected chi connectivity index (χ0v) is 11.1. The van der Waals surface area contributed by atoms with Gasteiger partial charge in [0.05, 0.1) is 6.04 Å². The summed E-state index contributed by atoms with van der Waals surface area (Å²) in [7, 11) is 1.83. The molecular formula is C14H18N4O. The Morgan fingerprint density at radius 3 is 2.68 bits per heavy atom. The van der Waals surface area contributed by atoms with E-state index in [2.05, 4.69) is 10.4 Å². The molecule has 0 bridgehead atoms. The number of nitrogens with zero attached hydrogens (tertiary/aromatic N) is 2. The summed E-state index contributed by atoms with van der Waals surface area (Å²) in [4.78, 5) is 12.0. The largest absolute Gasteiger partial charge is 0.320 e. The zero-order chi connectivity index (χ0) is 13.8. The topological polar surface area (TPSA) is 72.9 Å². The van der Waals surface area contributed by atoms with Crippen molar-refractivity contribution in [3.63, 3.8) is 0 Å². The highest BCUT2D eigenvalue weighted by molar-refractivity contribution is 5.94. The number of nitrogens with one attached hydrogen (secondary N) is 1. The number of carbonyl (C=O) groups is 1. The fourth-order valence-corrected chi connectivity index (χ4v) is 1.80. The highest BCUT2D eigenvalue weighted by Gasteiger charge is 2.15. The summed E-state index contributed by atoms with van der Waals surface area (Å²) in [5, 5.41) is 6.90. The minimum Gasteiger partial charge on any atom is -0.320 e. The second kappa shape index (κ2) is 5.67. The van der Waals surface area contributed by atoms with Crippen LogP contribution in [0.1, 0.15) is 11.3 Å².